The van der Waals surface area contributed by atoms with Crippen LogP contribution >= 0.6 is 23.7 Å². The Kier molecular flexibility index (Phi) is 7.35. The Hall–Kier alpha value is -1.44. The fourth-order valence-electron chi connectivity index (χ4n) is 1.76. The summed E-state index contributed by atoms with van der Waals surface area (Å²) in [4.78, 5) is 16.4. The van der Waals surface area contributed by atoms with E-state index in [0.29, 0.717) is 24.5 Å². The molecule has 0 saturated heterocycles. The van der Waals surface area contributed by atoms with Gasteiger partial charge in [0.2, 0.25) is 0 Å². The van der Waals surface area contributed by atoms with E-state index in [0.717, 1.165) is 24.4 Å². The number of rotatable bonds is 7. The van der Waals surface area contributed by atoms with Crippen LogP contribution in [0.1, 0.15) is 35.3 Å². The Morgan fingerprint density at radius 3 is 3.05 bits per heavy atom. The maximum Gasteiger partial charge on any atom is 0.276 e. The molecule has 2 rings (SSSR count). The molecule has 2 heterocycles. The van der Waals surface area contributed by atoms with Crippen molar-refractivity contribution < 1.29 is 4.79 Å². The van der Waals surface area contributed by atoms with Gasteiger partial charge >= 0.3 is 0 Å². The molecule has 0 spiro atoms. The van der Waals surface area contributed by atoms with Gasteiger partial charge in [-0.05, 0) is 13.0 Å². The first-order valence-corrected chi connectivity index (χ1v) is 7.60. The van der Waals surface area contributed by atoms with Gasteiger partial charge in [-0.15, -0.1) is 23.7 Å². The lowest BCUT2D eigenvalue weighted by Crippen LogP contribution is -2.16. The van der Waals surface area contributed by atoms with Crippen molar-refractivity contribution in [2.45, 2.75) is 32.7 Å². The predicted octanol–water partition coefficient (Wildman–Crippen LogP) is 2.31. The van der Waals surface area contributed by atoms with Crippen molar-refractivity contribution in [3.63, 3.8) is 0 Å². The van der Waals surface area contributed by atoms with E-state index in [-0.39, 0.29) is 18.3 Å². The summed E-state index contributed by atoms with van der Waals surface area (Å²) >= 11 is 1.46. The van der Waals surface area contributed by atoms with Crippen LogP contribution in [0.2, 0.25) is 0 Å². The van der Waals surface area contributed by atoms with Crippen molar-refractivity contribution in [3.8, 4) is 0 Å². The van der Waals surface area contributed by atoms with Crippen molar-refractivity contribution in [3.05, 3.63) is 28.3 Å². The number of nitrogens with zero attached hydrogens (tertiary/aromatic N) is 3. The zero-order valence-electron chi connectivity index (χ0n) is 11.9. The van der Waals surface area contributed by atoms with E-state index < -0.39 is 0 Å². The van der Waals surface area contributed by atoms with Crippen molar-refractivity contribution in [2.75, 3.05) is 11.9 Å². The number of carbonyl (C=O) groups excluding carboxylic acids is 1. The summed E-state index contributed by atoms with van der Waals surface area (Å²) in [6.45, 7) is 3.46. The number of unbranched alkanes of at least 4 members (excludes halogenated alkanes) is 1. The number of nitrogens with two attached hydrogens (primary N) is 1. The molecule has 0 atom stereocenters. The number of aromatic nitrogens is 3. The van der Waals surface area contributed by atoms with E-state index in [4.69, 9.17) is 5.73 Å². The number of aryl methyl sites for hydroxylation is 1. The lowest BCUT2D eigenvalue weighted by Gasteiger charge is -2.07. The second-order valence-electron chi connectivity index (χ2n) is 4.41. The third-order valence-corrected chi connectivity index (χ3v) is 3.73. The fourth-order valence-corrected chi connectivity index (χ4v) is 2.55. The lowest BCUT2D eigenvalue weighted by atomic mass is 10.3. The van der Waals surface area contributed by atoms with Crippen molar-refractivity contribution in [1.82, 2.24) is 14.8 Å². The Labute approximate surface area is 134 Å². The van der Waals surface area contributed by atoms with Gasteiger partial charge in [0, 0.05) is 24.4 Å². The van der Waals surface area contributed by atoms with Gasteiger partial charge in [0.05, 0.1) is 11.2 Å². The molecule has 116 valence electrons. The maximum atomic E-state index is 12.1. The fraction of sp³-hybridized carbons (Fsp3) is 0.462. The largest absolute Gasteiger partial charge is 0.330 e. The van der Waals surface area contributed by atoms with Gasteiger partial charge in [-0.1, -0.05) is 13.3 Å². The van der Waals surface area contributed by atoms with Crippen LogP contribution in [0.3, 0.4) is 0 Å². The van der Waals surface area contributed by atoms with Crippen molar-refractivity contribution in [2.24, 2.45) is 5.73 Å². The number of anilines is 1. The highest BCUT2D eigenvalue weighted by Crippen LogP contribution is 2.13. The Morgan fingerprint density at radius 1 is 1.52 bits per heavy atom. The Balaban J connectivity index is 0.00000220. The summed E-state index contributed by atoms with van der Waals surface area (Å²) in [5.41, 5.74) is 5.91. The second-order valence-corrected chi connectivity index (χ2v) is 5.36. The van der Waals surface area contributed by atoms with Gasteiger partial charge < -0.3 is 11.1 Å². The normalized spacial score (nSPS) is 10.2. The minimum absolute atomic E-state index is 0. The highest BCUT2D eigenvalue weighted by atomic mass is 35.5. The SMILES string of the molecule is CCCCn1nccc1NC(=O)c1csc(CCN)n1.Cl. The molecule has 0 bridgehead atoms. The molecule has 1 amide bonds. The van der Waals surface area contributed by atoms with E-state index in [1.807, 2.05) is 0 Å². The third kappa shape index (κ3) is 4.80. The molecular formula is C13H20ClN5OS. The molecule has 0 fully saturated rings. The van der Waals surface area contributed by atoms with E-state index in [1.54, 1.807) is 22.3 Å². The van der Waals surface area contributed by atoms with E-state index in [1.165, 1.54) is 11.3 Å². The highest BCUT2D eigenvalue weighted by molar-refractivity contribution is 7.09. The molecule has 0 radical (unpaired) electrons. The molecule has 21 heavy (non-hydrogen) atoms. The average molecular weight is 330 g/mol. The number of hydrogen-bond donors (Lipinski definition) is 2. The number of halogens is 1. The Bertz CT molecular complexity index is 568. The quantitative estimate of drug-likeness (QED) is 0.816. The molecule has 0 aliphatic carbocycles. The van der Waals surface area contributed by atoms with Crippen LogP contribution in [0.25, 0.3) is 0 Å². The first kappa shape index (κ1) is 17.6. The van der Waals surface area contributed by atoms with Crippen molar-refractivity contribution in [1.29, 1.82) is 0 Å². The third-order valence-electron chi connectivity index (χ3n) is 2.82. The summed E-state index contributed by atoms with van der Waals surface area (Å²) in [7, 11) is 0. The van der Waals surface area contributed by atoms with Crippen LogP contribution in [-0.2, 0) is 13.0 Å². The molecule has 0 aliphatic heterocycles. The first-order chi connectivity index (χ1) is 9.74. The second kappa shape index (κ2) is 8.76. The topological polar surface area (TPSA) is 85.8 Å². The summed E-state index contributed by atoms with van der Waals surface area (Å²) in [6.07, 6.45) is 4.50. The summed E-state index contributed by atoms with van der Waals surface area (Å²) in [5.74, 6) is 0.500. The molecule has 3 N–H and O–H groups in total. The molecule has 6 nitrogen and oxygen atoms in total. The molecular weight excluding hydrogens is 310 g/mol. The summed E-state index contributed by atoms with van der Waals surface area (Å²) in [6, 6.07) is 1.79. The van der Waals surface area contributed by atoms with Crippen LogP contribution in [0, 0.1) is 0 Å². The summed E-state index contributed by atoms with van der Waals surface area (Å²) in [5, 5.41) is 9.69. The molecule has 0 unspecified atom stereocenters. The predicted molar refractivity (Wildman–Crippen MR) is 87.2 cm³/mol. The molecule has 0 aromatic carbocycles. The number of nitrogens with one attached hydrogen (secondary N) is 1. The van der Waals surface area contributed by atoms with Crippen LogP contribution in [-0.4, -0.2) is 27.2 Å². The number of hydrogen-bond acceptors (Lipinski definition) is 5. The van der Waals surface area contributed by atoms with Gasteiger partial charge in [-0.2, -0.15) is 5.10 Å². The van der Waals surface area contributed by atoms with Gasteiger partial charge in [0.25, 0.3) is 5.91 Å². The van der Waals surface area contributed by atoms with Crippen LogP contribution in [0.5, 0.6) is 0 Å². The molecule has 2 aromatic heterocycles. The smallest absolute Gasteiger partial charge is 0.276 e. The van der Waals surface area contributed by atoms with Crippen LogP contribution in [0.4, 0.5) is 5.82 Å². The lowest BCUT2D eigenvalue weighted by molar-refractivity contribution is 0.102. The van der Waals surface area contributed by atoms with Crippen molar-refractivity contribution >= 4 is 35.5 Å². The maximum absolute atomic E-state index is 12.1. The van der Waals surface area contributed by atoms with E-state index in [9.17, 15) is 4.79 Å². The zero-order chi connectivity index (χ0) is 14.4. The minimum atomic E-state index is -0.206. The standard InChI is InChI=1S/C13H19N5OS.ClH/c1-2-3-8-18-11(5-7-15-18)17-13(19)10-9-20-12(16-10)4-6-14;/h5,7,9H,2-4,6,8,14H2,1H3,(H,17,19);1H. The van der Waals surface area contributed by atoms with Crippen LogP contribution < -0.4 is 11.1 Å². The molecule has 0 aliphatic rings. The number of amides is 1. The zero-order valence-corrected chi connectivity index (χ0v) is 13.5. The summed E-state index contributed by atoms with van der Waals surface area (Å²) < 4.78 is 1.80. The molecule has 8 heteroatoms. The van der Waals surface area contributed by atoms with E-state index >= 15 is 0 Å². The first-order valence-electron chi connectivity index (χ1n) is 6.72. The highest BCUT2D eigenvalue weighted by Gasteiger charge is 2.12. The monoisotopic (exact) mass is 329 g/mol. The van der Waals surface area contributed by atoms with Gasteiger partial charge in [0.15, 0.2) is 0 Å². The average Bonchev–Trinajstić information content (AvgIpc) is 3.06. The molecule has 0 saturated carbocycles. The minimum Gasteiger partial charge on any atom is -0.330 e. The molecule has 2 aromatic rings. The number of carbonyl (C=O) groups is 1. The van der Waals surface area contributed by atoms with Gasteiger partial charge in [-0.25, -0.2) is 9.67 Å². The van der Waals surface area contributed by atoms with Crippen LogP contribution in [0.15, 0.2) is 17.6 Å². The van der Waals surface area contributed by atoms with Gasteiger partial charge in [-0.3, -0.25) is 4.79 Å². The number of thiazole rings is 1. The Morgan fingerprint density at radius 2 is 2.33 bits per heavy atom. The van der Waals surface area contributed by atoms with Gasteiger partial charge in [0.1, 0.15) is 11.5 Å². The van der Waals surface area contributed by atoms with E-state index in [2.05, 4.69) is 22.3 Å².